The van der Waals surface area contributed by atoms with Gasteiger partial charge in [0.2, 0.25) is 0 Å². The van der Waals surface area contributed by atoms with Crippen molar-refractivity contribution in [3.63, 3.8) is 0 Å². The quantitative estimate of drug-likeness (QED) is 0.511. The predicted octanol–water partition coefficient (Wildman–Crippen LogP) is 6.48. The Balaban J connectivity index is 0.00000109. The Morgan fingerprint density at radius 3 is 2.29 bits per heavy atom. The molecule has 0 fully saturated rings. The maximum absolute atomic E-state index is 4.64. The summed E-state index contributed by atoms with van der Waals surface area (Å²) in [5, 5.41) is 0. The Kier molecular flexibility index (Phi) is 6.64. The molecule has 0 aliphatic carbocycles. The van der Waals surface area contributed by atoms with Gasteiger partial charge in [0.25, 0.3) is 0 Å². The summed E-state index contributed by atoms with van der Waals surface area (Å²) in [7, 11) is 0. The summed E-state index contributed by atoms with van der Waals surface area (Å²) in [6.45, 7) is 8.46. The smallest absolute Gasteiger partial charge is 0.162 e. The van der Waals surface area contributed by atoms with Crippen molar-refractivity contribution < 1.29 is 0 Å². The average Bonchev–Trinajstić information content (AvgIpc) is 3.10. The fraction of sp³-hybridized carbons (Fsp3) is 0.333. The first-order chi connectivity index (χ1) is 13.8. The van der Waals surface area contributed by atoms with Gasteiger partial charge in [-0.1, -0.05) is 70.5 Å². The van der Waals surface area contributed by atoms with Gasteiger partial charge in [0, 0.05) is 11.4 Å². The molecule has 1 unspecified atom stereocenters. The van der Waals surface area contributed by atoms with Crippen LogP contribution in [-0.4, -0.2) is 16.1 Å². The third kappa shape index (κ3) is 3.59. The molecule has 4 nitrogen and oxygen atoms in total. The lowest BCUT2D eigenvalue weighted by atomic mass is 10.1. The van der Waals surface area contributed by atoms with Gasteiger partial charge in [0.1, 0.15) is 18.2 Å². The van der Waals surface area contributed by atoms with Crippen LogP contribution in [0.4, 0.5) is 22.9 Å². The standard InChI is InChI=1S/C22H24N4.C2H6/c1-3-10-17-11-8-9-14-19(17)26-20-15-23-16-24-22(20)25(21(26)4-2)18-12-6-5-7-13-18;1-2/h5-9,11-16,21H,3-4,10H2,1-2H3;1-2H3. The molecule has 1 atom stereocenters. The number of benzene rings is 2. The zero-order chi connectivity index (χ0) is 19.9. The van der Waals surface area contributed by atoms with Gasteiger partial charge in [-0.25, -0.2) is 9.97 Å². The summed E-state index contributed by atoms with van der Waals surface area (Å²) in [5.41, 5.74) is 4.87. The average molecular weight is 375 g/mol. The van der Waals surface area contributed by atoms with E-state index in [1.807, 2.05) is 20.0 Å². The first-order valence-corrected chi connectivity index (χ1v) is 10.4. The molecule has 2 aromatic carbocycles. The van der Waals surface area contributed by atoms with Crippen LogP contribution in [0, 0.1) is 0 Å². The molecule has 0 amide bonds. The second-order valence-corrected chi connectivity index (χ2v) is 6.57. The van der Waals surface area contributed by atoms with Crippen LogP contribution in [-0.2, 0) is 6.42 Å². The maximum atomic E-state index is 4.64. The van der Waals surface area contributed by atoms with E-state index in [0.717, 1.165) is 36.5 Å². The molecule has 4 heteroatoms. The molecule has 0 N–H and O–H groups in total. The third-order valence-electron chi connectivity index (χ3n) is 4.93. The molecular formula is C24H30N4. The van der Waals surface area contributed by atoms with Crippen molar-refractivity contribution in [2.75, 3.05) is 9.80 Å². The van der Waals surface area contributed by atoms with E-state index in [0.29, 0.717) is 0 Å². The minimum atomic E-state index is 0.183. The number of rotatable bonds is 5. The number of nitrogens with zero attached hydrogens (tertiary/aromatic N) is 4. The first-order valence-electron chi connectivity index (χ1n) is 10.4. The maximum Gasteiger partial charge on any atom is 0.162 e. The predicted molar refractivity (Wildman–Crippen MR) is 119 cm³/mol. The highest BCUT2D eigenvalue weighted by atomic mass is 15.4. The van der Waals surface area contributed by atoms with Crippen LogP contribution in [0.5, 0.6) is 0 Å². The molecule has 1 aliphatic heterocycles. The molecular weight excluding hydrogens is 344 g/mol. The zero-order valence-electron chi connectivity index (χ0n) is 17.3. The van der Waals surface area contributed by atoms with E-state index in [9.17, 15) is 0 Å². The number of hydrogen-bond acceptors (Lipinski definition) is 4. The van der Waals surface area contributed by atoms with Crippen LogP contribution in [0.15, 0.2) is 67.1 Å². The normalized spacial score (nSPS) is 15.1. The van der Waals surface area contributed by atoms with E-state index in [4.69, 9.17) is 0 Å². The van der Waals surface area contributed by atoms with Crippen molar-refractivity contribution in [3.05, 3.63) is 72.7 Å². The highest BCUT2D eigenvalue weighted by Gasteiger charge is 2.38. The Morgan fingerprint density at radius 2 is 1.57 bits per heavy atom. The van der Waals surface area contributed by atoms with Gasteiger partial charge < -0.3 is 9.80 Å². The highest BCUT2D eigenvalue weighted by Crippen LogP contribution is 2.47. The van der Waals surface area contributed by atoms with E-state index < -0.39 is 0 Å². The molecule has 0 spiro atoms. The minimum absolute atomic E-state index is 0.183. The molecule has 0 radical (unpaired) electrons. The summed E-state index contributed by atoms with van der Waals surface area (Å²) in [4.78, 5) is 13.7. The van der Waals surface area contributed by atoms with Crippen LogP contribution in [0.3, 0.4) is 0 Å². The number of para-hydroxylation sites is 2. The molecule has 1 aliphatic rings. The van der Waals surface area contributed by atoms with Crippen molar-refractivity contribution in [3.8, 4) is 0 Å². The SMILES string of the molecule is CC.CCCc1ccccc1N1c2cncnc2N(c2ccccc2)C1CC. The van der Waals surface area contributed by atoms with E-state index in [2.05, 4.69) is 88.2 Å². The number of aromatic nitrogens is 2. The van der Waals surface area contributed by atoms with Gasteiger partial charge in [0.15, 0.2) is 5.82 Å². The summed E-state index contributed by atoms with van der Waals surface area (Å²) >= 11 is 0. The van der Waals surface area contributed by atoms with Gasteiger partial charge in [-0.3, -0.25) is 0 Å². The van der Waals surface area contributed by atoms with E-state index in [1.165, 1.54) is 11.3 Å². The molecule has 28 heavy (non-hydrogen) atoms. The largest absolute Gasteiger partial charge is 0.315 e. The van der Waals surface area contributed by atoms with Crippen molar-refractivity contribution in [1.29, 1.82) is 0 Å². The second-order valence-electron chi connectivity index (χ2n) is 6.57. The Hall–Kier alpha value is -2.88. The Morgan fingerprint density at radius 1 is 0.857 bits per heavy atom. The van der Waals surface area contributed by atoms with Gasteiger partial charge in [-0.15, -0.1) is 0 Å². The van der Waals surface area contributed by atoms with Gasteiger partial charge in [-0.2, -0.15) is 0 Å². The zero-order valence-corrected chi connectivity index (χ0v) is 17.3. The van der Waals surface area contributed by atoms with Crippen LogP contribution in [0.25, 0.3) is 0 Å². The van der Waals surface area contributed by atoms with Gasteiger partial charge in [-0.05, 0) is 36.6 Å². The van der Waals surface area contributed by atoms with Crippen molar-refractivity contribution in [2.24, 2.45) is 0 Å². The number of hydrogen-bond donors (Lipinski definition) is 0. The third-order valence-corrected chi connectivity index (χ3v) is 4.93. The van der Waals surface area contributed by atoms with Crippen molar-refractivity contribution >= 4 is 22.9 Å². The van der Waals surface area contributed by atoms with Gasteiger partial charge >= 0.3 is 0 Å². The fourth-order valence-electron chi connectivity index (χ4n) is 3.85. The highest BCUT2D eigenvalue weighted by molar-refractivity contribution is 5.86. The summed E-state index contributed by atoms with van der Waals surface area (Å²) in [6.07, 6.45) is 6.94. The Labute approximate surface area is 168 Å². The minimum Gasteiger partial charge on any atom is -0.315 e. The lowest BCUT2D eigenvalue weighted by Gasteiger charge is -2.33. The molecule has 3 aromatic rings. The molecule has 0 saturated heterocycles. The lowest BCUT2D eigenvalue weighted by Crippen LogP contribution is -2.38. The topological polar surface area (TPSA) is 32.3 Å². The number of anilines is 4. The molecule has 4 rings (SSSR count). The number of fused-ring (bicyclic) bond motifs is 1. The first kappa shape index (κ1) is 19.9. The monoisotopic (exact) mass is 374 g/mol. The molecule has 146 valence electrons. The summed E-state index contributed by atoms with van der Waals surface area (Å²) < 4.78 is 0. The summed E-state index contributed by atoms with van der Waals surface area (Å²) in [6, 6.07) is 19.2. The second kappa shape index (κ2) is 9.36. The number of aryl methyl sites for hydroxylation is 1. The van der Waals surface area contributed by atoms with Crippen LogP contribution in [0.2, 0.25) is 0 Å². The van der Waals surface area contributed by atoms with Crippen molar-refractivity contribution in [2.45, 2.75) is 53.1 Å². The van der Waals surface area contributed by atoms with Crippen LogP contribution < -0.4 is 9.80 Å². The molecule has 1 aromatic heterocycles. The van der Waals surface area contributed by atoms with E-state index >= 15 is 0 Å². The van der Waals surface area contributed by atoms with Crippen LogP contribution >= 0.6 is 0 Å². The summed E-state index contributed by atoms with van der Waals surface area (Å²) in [5.74, 6) is 0.976. The van der Waals surface area contributed by atoms with Gasteiger partial charge in [0.05, 0.1) is 6.20 Å². The van der Waals surface area contributed by atoms with E-state index in [-0.39, 0.29) is 6.17 Å². The lowest BCUT2D eigenvalue weighted by molar-refractivity contribution is 0.662. The van der Waals surface area contributed by atoms with Crippen LogP contribution in [0.1, 0.15) is 46.1 Å². The van der Waals surface area contributed by atoms with Crippen molar-refractivity contribution in [1.82, 2.24) is 9.97 Å². The molecule has 0 saturated carbocycles. The van der Waals surface area contributed by atoms with E-state index in [1.54, 1.807) is 6.33 Å². The molecule has 2 heterocycles. The Bertz CT molecular complexity index is 879. The molecule has 0 bridgehead atoms. The fourth-order valence-corrected chi connectivity index (χ4v) is 3.85.